The summed E-state index contributed by atoms with van der Waals surface area (Å²) in [6.45, 7) is 4.99. The molecule has 0 aromatic heterocycles. The molecule has 182 valence electrons. The Morgan fingerprint density at radius 2 is 1.22 bits per heavy atom. The fraction of sp³-hybridized carbons (Fsp3) is 1.00. The van der Waals surface area contributed by atoms with Gasteiger partial charge in [-0.2, -0.15) is 0 Å². The van der Waals surface area contributed by atoms with Crippen molar-refractivity contribution in [3.8, 4) is 0 Å². The van der Waals surface area contributed by atoms with Crippen molar-refractivity contribution in [2.45, 2.75) is 148 Å². The average Bonchev–Trinajstić information content (AvgIpc) is 3.17. The number of hydrogen-bond donors (Lipinski definition) is 0. The van der Waals surface area contributed by atoms with E-state index in [0.717, 1.165) is 65.5 Å². The highest BCUT2D eigenvalue weighted by Gasteiger charge is 2.53. The summed E-state index contributed by atoms with van der Waals surface area (Å²) in [4.78, 5) is 3.10. The van der Waals surface area contributed by atoms with Gasteiger partial charge in [0.05, 0.1) is 0 Å². The Hall–Kier alpha value is -0.0400. The standard InChI is InChI=1S/C31H53N/c1-3-21(2)32-30-15-9-8-14-27(30)29-19-22(16-17-31(29)32)18-28-25-12-6-4-10-23(25)20-24-11-5-7-13-26(24)28/h21-31H,3-20H2,1-2H3. The number of rotatable bonds is 4. The molecule has 0 aromatic rings. The Balaban J connectivity index is 1.19. The van der Waals surface area contributed by atoms with Crippen LogP contribution in [0.2, 0.25) is 0 Å². The highest BCUT2D eigenvalue weighted by molar-refractivity contribution is 5.06. The molecule has 1 aliphatic heterocycles. The predicted octanol–water partition coefficient (Wildman–Crippen LogP) is 8.47. The second-order valence-electron chi connectivity index (χ2n) is 13.7. The van der Waals surface area contributed by atoms with Crippen molar-refractivity contribution in [1.29, 1.82) is 0 Å². The third-order valence-corrected chi connectivity index (χ3v) is 12.4. The summed E-state index contributed by atoms with van der Waals surface area (Å²) in [6.07, 6.45) is 28.1. The molecule has 1 heterocycles. The predicted molar refractivity (Wildman–Crippen MR) is 136 cm³/mol. The van der Waals surface area contributed by atoms with E-state index in [4.69, 9.17) is 0 Å². The lowest BCUT2D eigenvalue weighted by molar-refractivity contribution is -0.0287. The summed E-state index contributed by atoms with van der Waals surface area (Å²) in [7, 11) is 0. The van der Waals surface area contributed by atoms with Crippen LogP contribution in [0.4, 0.5) is 0 Å². The molecule has 10 unspecified atom stereocenters. The van der Waals surface area contributed by atoms with Gasteiger partial charge in [-0.05, 0) is 118 Å². The molecular formula is C31H53N. The summed E-state index contributed by atoms with van der Waals surface area (Å²) in [5.41, 5.74) is 0. The first-order valence-electron chi connectivity index (χ1n) is 15.5. The molecule has 1 nitrogen and oxygen atoms in total. The van der Waals surface area contributed by atoms with E-state index >= 15 is 0 Å². The Bertz CT molecular complexity index is 606. The van der Waals surface area contributed by atoms with Crippen molar-refractivity contribution < 1.29 is 0 Å². The van der Waals surface area contributed by atoms with E-state index in [1.165, 1.54) is 25.7 Å². The van der Waals surface area contributed by atoms with Crippen LogP contribution in [0.15, 0.2) is 0 Å². The molecule has 1 heteroatoms. The Kier molecular flexibility index (Phi) is 6.69. The summed E-state index contributed by atoms with van der Waals surface area (Å²) in [5.74, 6) is 8.81. The van der Waals surface area contributed by atoms with Crippen LogP contribution in [-0.4, -0.2) is 23.0 Å². The molecule has 0 radical (unpaired) electrons. The maximum absolute atomic E-state index is 3.10. The maximum atomic E-state index is 3.10. The van der Waals surface area contributed by atoms with Crippen molar-refractivity contribution in [3.63, 3.8) is 0 Å². The summed E-state index contributed by atoms with van der Waals surface area (Å²) in [5, 5.41) is 0. The van der Waals surface area contributed by atoms with Gasteiger partial charge >= 0.3 is 0 Å². The zero-order valence-electron chi connectivity index (χ0n) is 21.5. The van der Waals surface area contributed by atoms with Gasteiger partial charge in [-0.3, -0.25) is 4.90 Å². The van der Waals surface area contributed by atoms with Gasteiger partial charge in [-0.1, -0.05) is 58.3 Å². The van der Waals surface area contributed by atoms with Gasteiger partial charge in [0.15, 0.2) is 0 Å². The van der Waals surface area contributed by atoms with Crippen LogP contribution in [0.1, 0.15) is 129 Å². The minimum atomic E-state index is 0.816. The van der Waals surface area contributed by atoms with Crippen molar-refractivity contribution in [3.05, 3.63) is 0 Å². The Morgan fingerprint density at radius 1 is 0.625 bits per heavy atom. The van der Waals surface area contributed by atoms with E-state index in [1.807, 2.05) is 0 Å². The smallest absolute Gasteiger partial charge is 0.0133 e. The molecule has 0 N–H and O–H groups in total. The van der Waals surface area contributed by atoms with Crippen LogP contribution in [-0.2, 0) is 0 Å². The van der Waals surface area contributed by atoms with E-state index in [2.05, 4.69) is 18.7 Å². The quantitative estimate of drug-likeness (QED) is 0.424. The van der Waals surface area contributed by atoms with Crippen molar-refractivity contribution >= 4 is 0 Å². The lowest BCUT2D eigenvalue weighted by Gasteiger charge is -2.53. The zero-order chi connectivity index (χ0) is 21.7. The van der Waals surface area contributed by atoms with E-state index < -0.39 is 0 Å². The molecule has 10 atom stereocenters. The Labute approximate surface area is 199 Å². The van der Waals surface area contributed by atoms with Crippen molar-refractivity contribution in [1.82, 2.24) is 4.90 Å². The first kappa shape index (κ1) is 22.4. The van der Waals surface area contributed by atoms with Crippen molar-refractivity contribution in [2.24, 2.45) is 47.3 Å². The van der Waals surface area contributed by atoms with Crippen molar-refractivity contribution in [2.75, 3.05) is 0 Å². The van der Waals surface area contributed by atoms with Gasteiger partial charge in [0, 0.05) is 18.1 Å². The van der Waals surface area contributed by atoms with Crippen LogP contribution >= 0.6 is 0 Å². The molecular weight excluding hydrogens is 386 g/mol. The van der Waals surface area contributed by atoms with Crippen LogP contribution in [0.25, 0.3) is 0 Å². The topological polar surface area (TPSA) is 3.24 Å². The molecule has 0 spiro atoms. The summed E-state index contributed by atoms with van der Waals surface area (Å²) >= 11 is 0. The largest absolute Gasteiger partial charge is 0.294 e. The van der Waals surface area contributed by atoms with Crippen LogP contribution in [0.5, 0.6) is 0 Å². The summed E-state index contributed by atoms with van der Waals surface area (Å²) < 4.78 is 0. The first-order chi connectivity index (χ1) is 15.7. The maximum Gasteiger partial charge on any atom is 0.0133 e. The third kappa shape index (κ3) is 3.93. The van der Waals surface area contributed by atoms with Gasteiger partial charge in [-0.25, -0.2) is 0 Å². The Morgan fingerprint density at radius 3 is 1.91 bits per heavy atom. The van der Waals surface area contributed by atoms with E-state index in [-0.39, 0.29) is 0 Å². The molecule has 0 aromatic carbocycles. The minimum Gasteiger partial charge on any atom is -0.294 e. The number of nitrogens with zero attached hydrogens (tertiary/aromatic N) is 1. The van der Waals surface area contributed by atoms with Gasteiger partial charge in [0.25, 0.3) is 0 Å². The minimum absolute atomic E-state index is 0.816. The highest BCUT2D eigenvalue weighted by atomic mass is 15.3. The zero-order valence-corrected chi connectivity index (χ0v) is 21.5. The monoisotopic (exact) mass is 439 g/mol. The van der Waals surface area contributed by atoms with E-state index in [1.54, 1.807) is 89.9 Å². The molecule has 6 rings (SSSR count). The average molecular weight is 440 g/mol. The second-order valence-corrected chi connectivity index (χ2v) is 13.7. The van der Waals surface area contributed by atoms with Gasteiger partial charge in [0.1, 0.15) is 0 Å². The SMILES string of the molecule is CCC(C)N1C2CCCCC2C2CC(CC3C4CCCCC4CC4CCCCC43)CCC21. The number of hydrogen-bond acceptors (Lipinski definition) is 1. The lowest BCUT2D eigenvalue weighted by atomic mass is 9.53. The normalized spacial score (nSPS) is 50.1. The second kappa shape index (κ2) is 9.54. The van der Waals surface area contributed by atoms with Gasteiger partial charge in [-0.15, -0.1) is 0 Å². The lowest BCUT2D eigenvalue weighted by Crippen LogP contribution is -2.46. The number of fused-ring (bicyclic) bond motifs is 5. The third-order valence-electron chi connectivity index (χ3n) is 12.4. The molecule has 6 fully saturated rings. The molecule has 0 bridgehead atoms. The number of likely N-dealkylation sites (tertiary alicyclic amines) is 1. The fourth-order valence-corrected chi connectivity index (χ4v) is 11.1. The van der Waals surface area contributed by atoms with Gasteiger partial charge in [0.2, 0.25) is 0 Å². The molecule has 5 saturated carbocycles. The van der Waals surface area contributed by atoms with E-state index in [0.29, 0.717) is 0 Å². The molecule has 1 saturated heterocycles. The van der Waals surface area contributed by atoms with E-state index in [9.17, 15) is 0 Å². The van der Waals surface area contributed by atoms with Crippen LogP contribution in [0.3, 0.4) is 0 Å². The highest BCUT2D eigenvalue weighted by Crippen LogP contribution is 2.57. The fourth-order valence-electron chi connectivity index (χ4n) is 11.1. The first-order valence-corrected chi connectivity index (χ1v) is 15.5. The van der Waals surface area contributed by atoms with Crippen LogP contribution < -0.4 is 0 Å². The molecule has 6 aliphatic rings. The molecule has 32 heavy (non-hydrogen) atoms. The summed E-state index contributed by atoms with van der Waals surface area (Å²) in [6, 6.07) is 2.72. The van der Waals surface area contributed by atoms with Crippen LogP contribution in [0, 0.1) is 47.3 Å². The molecule has 5 aliphatic carbocycles. The molecule has 0 amide bonds. The van der Waals surface area contributed by atoms with Gasteiger partial charge < -0.3 is 0 Å².